The van der Waals surface area contributed by atoms with E-state index in [2.05, 4.69) is 29.0 Å². The summed E-state index contributed by atoms with van der Waals surface area (Å²) >= 11 is 0. The normalized spacial score (nSPS) is 16.1. The van der Waals surface area contributed by atoms with E-state index >= 15 is 0 Å². The highest BCUT2D eigenvalue weighted by Crippen LogP contribution is 2.15. The number of nitrogens with zero attached hydrogens (tertiary/aromatic N) is 2. The Labute approximate surface area is 160 Å². The molecule has 0 aromatic carbocycles. The number of rotatable bonds is 7. The van der Waals surface area contributed by atoms with Crippen molar-refractivity contribution in [1.82, 2.24) is 15.2 Å². The van der Waals surface area contributed by atoms with E-state index in [0.717, 1.165) is 37.6 Å². The van der Waals surface area contributed by atoms with Crippen LogP contribution >= 0.6 is 0 Å². The van der Waals surface area contributed by atoms with E-state index in [1.807, 2.05) is 6.07 Å². The summed E-state index contributed by atoms with van der Waals surface area (Å²) in [5.41, 5.74) is 2.02. The highest BCUT2D eigenvalue weighted by atomic mass is 16.5. The van der Waals surface area contributed by atoms with E-state index in [9.17, 15) is 9.59 Å². The highest BCUT2D eigenvalue weighted by Gasteiger charge is 2.24. The molecule has 1 amide bonds. The Morgan fingerprint density at radius 2 is 2.00 bits per heavy atom. The molecule has 148 valence electrons. The molecule has 1 atom stereocenters. The van der Waals surface area contributed by atoms with E-state index in [4.69, 9.17) is 10.00 Å². The van der Waals surface area contributed by atoms with E-state index in [1.54, 1.807) is 13.8 Å². The number of nitriles is 1. The summed E-state index contributed by atoms with van der Waals surface area (Å²) < 4.78 is 5.42. The Hall–Kier alpha value is -2.17. The van der Waals surface area contributed by atoms with Crippen molar-refractivity contribution in [3.63, 3.8) is 0 Å². The third kappa shape index (κ3) is 5.41. The van der Waals surface area contributed by atoms with Crippen LogP contribution in [0.1, 0.15) is 42.7 Å². The molecule has 7 heteroatoms. The number of pyridine rings is 1. The number of amides is 1. The Bertz CT molecular complexity index is 758. The second-order valence-electron chi connectivity index (χ2n) is 7.43. The Kier molecular flexibility index (Phi) is 7.57. The fourth-order valence-corrected chi connectivity index (χ4v) is 3.66. The first-order chi connectivity index (χ1) is 12.8. The zero-order valence-electron chi connectivity index (χ0n) is 16.7. The van der Waals surface area contributed by atoms with Crippen molar-refractivity contribution >= 4 is 5.91 Å². The summed E-state index contributed by atoms with van der Waals surface area (Å²) in [7, 11) is 0. The molecule has 27 heavy (non-hydrogen) atoms. The van der Waals surface area contributed by atoms with Gasteiger partial charge in [-0.3, -0.25) is 14.5 Å². The lowest BCUT2D eigenvalue weighted by molar-refractivity contribution is -0.121. The SMILES string of the molecule is Cc1[nH]c(=O)c(C#N)c(C)c1CCC(=O)NCC(C(C)C)N1CCOCC1. The van der Waals surface area contributed by atoms with Gasteiger partial charge in [0.25, 0.3) is 5.56 Å². The molecule has 0 spiro atoms. The molecule has 0 aliphatic carbocycles. The van der Waals surface area contributed by atoms with Crippen LogP contribution in [0.3, 0.4) is 0 Å². The number of carbonyl (C=O) groups is 1. The van der Waals surface area contributed by atoms with Gasteiger partial charge in [-0.2, -0.15) is 5.26 Å². The van der Waals surface area contributed by atoms with Gasteiger partial charge in [0.15, 0.2) is 0 Å². The van der Waals surface area contributed by atoms with Crippen LogP contribution in [0, 0.1) is 31.1 Å². The summed E-state index contributed by atoms with van der Waals surface area (Å²) in [6, 6.07) is 2.24. The molecule has 1 fully saturated rings. The minimum absolute atomic E-state index is 0.0163. The lowest BCUT2D eigenvalue weighted by Crippen LogP contribution is -2.51. The second-order valence-corrected chi connectivity index (χ2v) is 7.43. The van der Waals surface area contributed by atoms with Crippen molar-refractivity contribution in [2.75, 3.05) is 32.8 Å². The molecule has 7 nitrogen and oxygen atoms in total. The molecule has 1 aromatic rings. The number of morpholine rings is 1. The third-order valence-corrected chi connectivity index (χ3v) is 5.31. The average Bonchev–Trinajstić information content (AvgIpc) is 2.62. The number of H-pyrrole nitrogens is 1. The minimum Gasteiger partial charge on any atom is -0.379 e. The highest BCUT2D eigenvalue weighted by molar-refractivity contribution is 5.76. The molecule has 1 unspecified atom stereocenters. The van der Waals surface area contributed by atoms with E-state index < -0.39 is 0 Å². The number of aromatic amines is 1. The lowest BCUT2D eigenvalue weighted by Gasteiger charge is -2.36. The molecule has 2 heterocycles. The van der Waals surface area contributed by atoms with Crippen molar-refractivity contribution in [1.29, 1.82) is 5.26 Å². The number of aromatic nitrogens is 1. The van der Waals surface area contributed by atoms with Crippen LogP contribution in [-0.4, -0.2) is 54.7 Å². The smallest absolute Gasteiger partial charge is 0.266 e. The predicted octanol–water partition coefficient (Wildman–Crippen LogP) is 1.27. The molecule has 0 bridgehead atoms. The van der Waals surface area contributed by atoms with Gasteiger partial charge in [-0.05, 0) is 37.3 Å². The van der Waals surface area contributed by atoms with E-state index in [1.165, 1.54) is 0 Å². The van der Waals surface area contributed by atoms with Crippen LogP contribution in [0.15, 0.2) is 4.79 Å². The second kappa shape index (κ2) is 9.67. The topological polar surface area (TPSA) is 98.2 Å². The molecule has 1 aliphatic heterocycles. The van der Waals surface area contributed by atoms with Gasteiger partial charge in [-0.15, -0.1) is 0 Å². The maximum Gasteiger partial charge on any atom is 0.266 e. The maximum absolute atomic E-state index is 12.4. The van der Waals surface area contributed by atoms with Gasteiger partial charge >= 0.3 is 0 Å². The molecule has 1 saturated heterocycles. The van der Waals surface area contributed by atoms with E-state index in [0.29, 0.717) is 36.9 Å². The van der Waals surface area contributed by atoms with Crippen molar-refractivity contribution < 1.29 is 9.53 Å². The third-order valence-electron chi connectivity index (χ3n) is 5.31. The van der Waals surface area contributed by atoms with Gasteiger partial charge in [0.1, 0.15) is 11.6 Å². The fraction of sp³-hybridized carbons (Fsp3) is 0.650. The van der Waals surface area contributed by atoms with Crippen LogP contribution in [0.2, 0.25) is 0 Å². The Morgan fingerprint density at radius 1 is 1.33 bits per heavy atom. The number of hydrogen-bond donors (Lipinski definition) is 2. The Balaban J connectivity index is 1.94. The first-order valence-corrected chi connectivity index (χ1v) is 9.56. The molecular weight excluding hydrogens is 344 g/mol. The van der Waals surface area contributed by atoms with Gasteiger partial charge in [-0.25, -0.2) is 0 Å². The maximum atomic E-state index is 12.4. The average molecular weight is 374 g/mol. The lowest BCUT2D eigenvalue weighted by atomic mass is 9.98. The molecule has 1 aliphatic rings. The summed E-state index contributed by atoms with van der Waals surface area (Å²) in [6.45, 7) is 11.8. The van der Waals surface area contributed by atoms with Crippen LogP contribution in [0.4, 0.5) is 0 Å². The van der Waals surface area contributed by atoms with Gasteiger partial charge < -0.3 is 15.0 Å². The molecule has 2 rings (SSSR count). The van der Waals surface area contributed by atoms with Gasteiger partial charge in [0, 0.05) is 37.8 Å². The summed E-state index contributed by atoms with van der Waals surface area (Å²) in [6.07, 6.45) is 0.825. The largest absolute Gasteiger partial charge is 0.379 e. The molecule has 1 aromatic heterocycles. The number of hydrogen-bond acceptors (Lipinski definition) is 5. The van der Waals surface area contributed by atoms with Crippen molar-refractivity contribution in [2.45, 2.75) is 46.6 Å². The van der Waals surface area contributed by atoms with Crippen LogP contribution < -0.4 is 10.9 Å². The number of ether oxygens (including phenoxy) is 1. The summed E-state index contributed by atoms with van der Waals surface area (Å²) in [5, 5.41) is 12.2. The zero-order chi connectivity index (χ0) is 20.0. The molecule has 2 N–H and O–H groups in total. The van der Waals surface area contributed by atoms with Crippen molar-refractivity contribution in [2.24, 2.45) is 5.92 Å². The standard InChI is InChI=1S/C20H30N4O3/c1-13(2)18(24-7-9-27-10-8-24)12-22-19(25)6-5-16-14(3)17(11-21)20(26)23-15(16)4/h13,18H,5-10,12H2,1-4H3,(H,22,25)(H,23,26). The van der Waals surface area contributed by atoms with Gasteiger partial charge in [-0.1, -0.05) is 13.8 Å². The fourth-order valence-electron chi connectivity index (χ4n) is 3.66. The monoisotopic (exact) mass is 374 g/mol. The first-order valence-electron chi connectivity index (χ1n) is 9.56. The Morgan fingerprint density at radius 3 is 2.59 bits per heavy atom. The van der Waals surface area contributed by atoms with Gasteiger partial charge in [0.05, 0.1) is 13.2 Å². The molecular formula is C20H30N4O3. The van der Waals surface area contributed by atoms with Crippen molar-refractivity contribution in [3.8, 4) is 6.07 Å². The molecule has 0 radical (unpaired) electrons. The van der Waals surface area contributed by atoms with Crippen LogP contribution in [-0.2, 0) is 16.0 Å². The zero-order valence-corrected chi connectivity index (χ0v) is 16.7. The summed E-state index contributed by atoms with van der Waals surface area (Å²) in [4.78, 5) is 29.3. The first kappa shape index (κ1) is 21.1. The van der Waals surface area contributed by atoms with Crippen molar-refractivity contribution in [3.05, 3.63) is 32.7 Å². The quantitative estimate of drug-likeness (QED) is 0.749. The van der Waals surface area contributed by atoms with E-state index in [-0.39, 0.29) is 17.0 Å². The van der Waals surface area contributed by atoms with Gasteiger partial charge in [0.2, 0.25) is 5.91 Å². The molecule has 0 saturated carbocycles. The summed E-state index contributed by atoms with van der Waals surface area (Å²) in [5.74, 6) is 0.419. The number of nitrogens with one attached hydrogen (secondary N) is 2. The predicted molar refractivity (Wildman–Crippen MR) is 104 cm³/mol. The van der Waals surface area contributed by atoms with Crippen LogP contribution in [0.5, 0.6) is 0 Å². The number of aryl methyl sites for hydroxylation is 1. The number of carbonyl (C=O) groups excluding carboxylic acids is 1. The van der Waals surface area contributed by atoms with Crippen LogP contribution in [0.25, 0.3) is 0 Å². The minimum atomic E-state index is -0.369.